The van der Waals surface area contributed by atoms with Crippen LogP contribution in [0.25, 0.3) is 0 Å². The molecule has 1 aromatic carbocycles. The highest BCUT2D eigenvalue weighted by Crippen LogP contribution is 2.21. The summed E-state index contributed by atoms with van der Waals surface area (Å²) < 4.78 is 18.9. The minimum atomic E-state index is -0.636. The van der Waals surface area contributed by atoms with Crippen LogP contribution in [0.4, 0.5) is 22.0 Å². The smallest absolute Gasteiger partial charge is 0.323 e. The molecule has 8 heteroatoms. The van der Waals surface area contributed by atoms with Crippen LogP contribution >= 0.6 is 0 Å². The lowest BCUT2D eigenvalue weighted by Crippen LogP contribution is -2.12. The number of nitrogen functional groups attached to an aromatic ring is 1. The van der Waals surface area contributed by atoms with E-state index in [9.17, 15) is 4.39 Å². The number of hydrogen-bond donors (Lipinski definition) is 2. The van der Waals surface area contributed by atoms with Crippen LogP contribution in [0.15, 0.2) is 18.2 Å². The molecule has 0 saturated carbocycles. The van der Waals surface area contributed by atoms with Gasteiger partial charge in [-0.05, 0) is 26.0 Å². The van der Waals surface area contributed by atoms with Crippen molar-refractivity contribution < 1.29 is 9.13 Å². The van der Waals surface area contributed by atoms with Crippen LogP contribution in [-0.2, 0) is 0 Å². The highest BCUT2D eigenvalue weighted by Gasteiger charge is 2.11. The van der Waals surface area contributed by atoms with Crippen LogP contribution in [0.5, 0.6) is 6.01 Å². The highest BCUT2D eigenvalue weighted by atomic mass is 19.1. The summed E-state index contributed by atoms with van der Waals surface area (Å²) in [5.41, 5.74) is 5.67. The minimum absolute atomic E-state index is 0.0435. The molecule has 108 valence electrons. The molecule has 0 spiro atoms. The van der Waals surface area contributed by atoms with Crippen molar-refractivity contribution in [2.45, 2.75) is 20.0 Å². The zero-order valence-corrected chi connectivity index (χ0v) is 11.5. The van der Waals surface area contributed by atoms with E-state index in [0.29, 0.717) is 0 Å². The minimum Gasteiger partial charge on any atom is -0.461 e. The van der Waals surface area contributed by atoms with Crippen LogP contribution in [0.2, 0.25) is 0 Å². The van der Waals surface area contributed by atoms with Crippen molar-refractivity contribution in [3.8, 4) is 12.1 Å². The molecule has 0 unspecified atom stereocenters. The lowest BCUT2D eigenvalue weighted by atomic mass is 10.2. The second kappa shape index (κ2) is 6.00. The number of nitrogens with two attached hydrogens (primary N) is 1. The molecule has 0 aliphatic rings. The average Bonchev–Trinajstić information content (AvgIpc) is 2.37. The number of ether oxygens (including phenoxy) is 1. The van der Waals surface area contributed by atoms with Crippen LogP contribution in [0.3, 0.4) is 0 Å². The Morgan fingerprint density at radius 1 is 1.33 bits per heavy atom. The zero-order chi connectivity index (χ0) is 15.4. The van der Waals surface area contributed by atoms with Gasteiger partial charge in [-0.3, -0.25) is 0 Å². The van der Waals surface area contributed by atoms with Crippen LogP contribution in [-0.4, -0.2) is 21.1 Å². The Morgan fingerprint density at radius 2 is 2.10 bits per heavy atom. The van der Waals surface area contributed by atoms with E-state index >= 15 is 0 Å². The van der Waals surface area contributed by atoms with Crippen LogP contribution in [0.1, 0.15) is 19.4 Å². The quantitative estimate of drug-likeness (QED) is 0.885. The molecule has 0 amide bonds. The molecule has 0 atom stereocenters. The fraction of sp³-hybridized carbons (Fsp3) is 0.231. The number of rotatable bonds is 4. The Morgan fingerprint density at radius 3 is 2.76 bits per heavy atom. The molecule has 0 bridgehead atoms. The van der Waals surface area contributed by atoms with E-state index in [2.05, 4.69) is 20.3 Å². The molecule has 0 saturated heterocycles. The number of anilines is 3. The molecular weight excluding hydrogens is 275 g/mol. The van der Waals surface area contributed by atoms with E-state index in [4.69, 9.17) is 15.7 Å². The number of nitrogens with one attached hydrogen (secondary N) is 1. The number of hydrogen-bond acceptors (Lipinski definition) is 7. The standard InChI is InChI=1S/C13H13FN6O/c1-7(2)21-13-19-11(16)18-12(20-13)17-10-5-3-4-9(14)8(10)6-15/h3-5,7H,1-2H3,(H3,16,17,18,19,20). The Labute approximate surface area is 120 Å². The van der Waals surface area contributed by atoms with Gasteiger partial charge in [0.25, 0.3) is 0 Å². The molecule has 1 aromatic heterocycles. The van der Waals surface area contributed by atoms with Gasteiger partial charge < -0.3 is 15.8 Å². The maximum Gasteiger partial charge on any atom is 0.323 e. The summed E-state index contributed by atoms with van der Waals surface area (Å²) in [4.78, 5) is 11.7. The molecule has 2 rings (SSSR count). The van der Waals surface area contributed by atoms with Gasteiger partial charge >= 0.3 is 6.01 Å². The average molecular weight is 288 g/mol. The van der Waals surface area contributed by atoms with Crippen molar-refractivity contribution in [1.29, 1.82) is 5.26 Å². The second-order valence-corrected chi connectivity index (χ2v) is 4.37. The Bertz CT molecular complexity index is 698. The van der Waals surface area contributed by atoms with Crippen molar-refractivity contribution in [2.75, 3.05) is 11.1 Å². The maximum atomic E-state index is 13.5. The van der Waals surface area contributed by atoms with Crippen molar-refractivity contribution in [3.63, 3.8) is 0 Å². The lowest BCUT2D eigenvalue weighted by molar-refractivity contribution is 0.222. The van der Waals surface area contributed by atoms with Crippen molar-refractivity contribution >= 4 is 17.6 Å². The van der Waals surface area contributed by atoms with Gasteiger partial charge in [-0.25, -0.2) is 4.39 Å². The predicted octanol–water partition coefficient (Wildman–Crippen LogP) is 2.00. The van der Waals surface area contributed by atoms with E-state index in [1.807, 2.05) is 13.8 Å². The normalized spacial score (nSPS) is 10.2. The zero-order valence-electron chi connectivity index (χ0n) is 11.5. The number of nitrogens with zero attached hydrogens (tertiary/aromatic N) is 4. The van der Waals surface area contributed by atoms with Crippen molar-refractivity contribution in [3.05, 3.63) is 29.6 Å². The largest absolute Gasteiger partial charge is 0.461 e. The monoisotopic (exact) mass is 288 g/mol. The van der Waals surface area contributed by atoms with Gasteiger partial charge in [0.05, 0.1) is 11.8 Å². The van der Waals surface area contributed by atoms with Gasteiger partial charge in [0.2, 0.25) is 11.9 Å². The second-order valence-electron chi connectivity index (χ2n) is 4.37. The van der Waals surface area contributed by atoms with Gasteiger partial charge in [-0.15, -0.1) is 0 Å². The summed E-state index contributed by atoms with van der Waals surface area (Å²) in [5.74, 6) is -0.610. The molecule has 0 fully saturated rings. The number of nitriles is 1. The first-order chi connectivity index (χ1) is 9.99. The number of aromatic nitrogens is 3. The number of benzene rings is 1. The van der Waals surface area contributed by atoms with Gasteiger partial charge in [0.1, 0.15) is 17.4 Å². The molecular formula is C13H13FN6O. The van der Waals surface area contributed by atoms with E-state index in [1.165, 1.54) is 18.2 Å². The summed E-state index contributed by atoms with van der Waals surface area (Å²) in [6.45, 7) is 3.63. The molecule has 0 aliphatic heterocycles. The molecule has 2 aromatic rings. The molecule has 0 radical (unpaired) electrons. The summed E-state index contributed by atoms with van der Waals surface area (Å²) in [6.07, 6.45) is -0.136. The highest BCUT2D eigenvalue weighted by molar-refractivity contribution is 5.63. The van der Waals surface area contributed by atoms with E-state index in [1.54, 1.807) is 6.07 Å². The van der Waals surface area contributed by atoms with E-state index in [-0.39, 0.29) is 35.3 Å². The lowest BCUT2D eigenvalue weighted by Gasteiger charge is -2.10. The molecule has 1 heterocycles. The topological polar surface area (TPSA) is 110 Å². The third-order valence-electron chi connectivity index (χ3n) is 2.35. The first-order valence-electron chi connectivity index (χ1n) is 6.13. The summed E-state index contributed by atoms with van der Waals surface area (Å²) in [6, 6.07) is 6.02. The van der Waals surface area contributed by atoms with Gasteiger partial charge in [0.15, 0.2) is 0 Å². The van der Waals surface area contributed by atoms with Crippen LogP contribution < -0.4 is 15.8 Å². The predicted molar refractivity (Wildman–Crippen MR) is 74.4 cm³/mol. The van der Waals surface area contributed by atoms with Crippen LogP contribution in [0, 0.1) is 17.1 Å². The van der Waals surface area contributed by atoms with E-state index < -0.39 is 5.82 Å². The first-order valence-corrected chi connectivity index (χ1v) is 6.13. The summed E-state index contributed by atoms with van der Waals surface area (Å²) >= 11 is 0. The molecule has 7 nitrogen and oxygen atoms in total. The van der Waals surface area contributed by atoms with E-state index in [0.717, 1.165) is 0 Å². The number of halogens is 1. The molecule has 21 heavy (non-hydrogen) atoms. The summed E-state index contributed by atoms with van der Waals surface area (Å²) in [7, 11) is 0. The SMILES string of the molecule is CC(C)Oc1nc(N)nc(Nc2cccc(F)c2C#N)n1. The Hall–Kier alpha value is -2.95. The fourth-order valence-electron chi connectivity index (χ4n) is 1.55. The van der Waals surface area contributed by atoms with Crippen molar-refractivity contribution in [2.24, 2.45) is 0 Å². The van der Waals surface area contributed by atoms with Gasteiger partial charge in [-0.1, -0.05) is 6.07 Å². The third kappa shape index (κ3) is 3.54. The molecule has 0 aliphatic carbocycles. The summed E-state index contributed by atoms with van der Waals surface area (Å²) in [5, 5.41) is 11.7. The van der Waals surface area contributed by atoms with Crippen molar-refractivity contribution in [1.82, 2.24) is 15.0 Å². The third-order valence-corrected chi connectivity index (χ3v) is 2.35. The van der Waals surface area contributed by atoms with Gasteiger partial charge in [0, 0.05) is 0 Å². The maximum absolute atomic E-state index is 13.5. The fourth-order valence-corrected chi connectivity index (χ4v) is 1.55. The molecule has 3 N–H and O–H groups in total. The Balaban J connectivity index is 2.34. The first kappa shape index (κ1) is 14.5. The Kier molecular flexibility index (Phi) is 4.13. The van der Waals surface area contributed by atoms with Gasteiger partial charge in [-0.2, -0.15) is 20.2 Å².